The van der Waals surface area contributed by atoms with Crippen molar-refractivity contribution in [1.82, 2.24) is 25.0 Å². The molecule has 11 heteroatoms. The fourth-order valence-electron chi connectivity index (χ4n) is 6.75. The number of hydrogen-bond donors (Lipinski definition) is 0. The van der Waals surface area contributed by atoms with Gasteiger partial charge in [-0.3, -0.25) is 0 Å². The molecule has 3 aromatic rings. The van der Waals surface area contributed by atoms with E-state index in [9.17, 15) is 8.78 Å². The van der Waals surface area contributed by atoms with Gasteiger partial charge in [0.25, 0.3) is 0 Å². The number of aromatic nitrogens is 5. The first-order valence-electron chi connectivity index (χ1n) is 10.9. The van der Waals surface area contributed by atoms with Gasteiger partial charge in [0.1, 0.15) is 6.33 Å². The van der Waals surface area contributed by atoms with Crippen molar-refractivity contribution in [3.05, 3.63) is 35.2 Å². The van der Waals surface area contributed by atoms with E-state index in [1.165, 1.54) is 19.6 Å². The summed E-state index contributed by atoms with van der Waals surface area (Å²) in [6.07, 6.45) is 8.15. The summed E-state index contributed by atoms with van der Waals surface area (Å²) in [7, 11) is 1.40. The SMILES string of the molecule is COc1cc(-c2nnc(C34CC5CC(C3)CC(n3cnc(Br)n3)(C5)C4)o2)ccc1OC(F)F. The number of nitrogens with zero attached hydrogens (tertiary/aromatic N) is 5. The molecule has 2 heterocycles. The summed E-state index contributed by atoms with van der Waals surface area (Å²) in [5.74, 6) is 2.27. The van der Waals surface area contributed by atoms with Crippen LogP contribution in [0, 0.1) is 11.8 Å². The van der Waals surface area contributed by atoms with Crippen LogP contribution in [0.2, 0.25) is 0 Å². The lowest BCUT2D eigenvalue weighted by molar-refractivity contribution is -0.0773. The molecular weight excluding hydrogens is 500 g/mol. The zero-order valence-corrected chi connectivity index (χ0v) is 19.5. The van der Waals surface area contributed by atoms with Crippen LogP contribution in [0.5, 0.6) is 11.5 Å². The Hall–Kier alpha value is -2.56. The van der Waals surface area contributed by atoms with Crippen LogP contribution in [-0.4, -0.2) is 38.7 Å². The molecule has 4 bridgehead atoms. The van der Waals surface area contributed by atoms with Crippen molar-refractivity contribution < 1.29 is 22.7 Å². The topological polar surface area (TPSA) is 88.1 Å². The number of alkyl halides is 2. The summed E-state index contributed by atoms with van der Waals surface area (Å²) in [6.45, 7) is -2.94. The summed E-state index contributed by atoms with van der Waals surface area (Å²) in [5, 5.41) is 13.4. The maximum Gasteiger partial charge on any atom is 0.387 e. The Labute approximate surface area is 196 Å². The molecule has 0 spiro atoms. The van der Waals surface area contributed by atoms with Gasteiger partial charge in [0.15, 0.2) is 11.5 Å². The predicted octanol–water partition coefficient (Wildman–Crippen LogP) is 4.95. The molecule has 4 fully saturated rings. The lowest BCUT2D eigenvalue weighted by Gasteiger charge is -2.60. The van der Waals surface area contributed by atoms with Gasteiger partial charge in [0.2, 0.25) is 16.5 Å². The minimum absolute atomic E-state index is 0.0435. The Morgan fingerprint density at radius 3 is 2.61 bits per heavy atom. The van der Waals surface area contributed by atoms with Crippen LogP contribution in [0.4, 0.5) is 8.78 Å². The molecule has 0 aliphatic heterocycles. The van der Waals surface area contributed by atoms with Crippen molar-refractivity contribution in [3.63, 3.8) is 0 Å². The largest absolute Gasteiger partial charge is 0.493 e. The summed E-state index contributed by atoms with van der Waals surface area (Å²) >= 11 is 3.38. The number of methoxy groups -OCH3 is 1. The maximum atomic E-state index is 12.6. The van der Waals surface area contributed by atoms with Crippen molar-refractivity contribution in [2.45, 2.75) is 56.1 Å². The molecule has 0 radical (unpaired) electrons. The van der Waals surface area contributed by atoms with Gasteiger partial charge in [-0.2, -0.15) is 8.78 Å². The number of benzene rings is 1. The van der Waals surface area contributed by atoms with Gasteiger partial charge in [-0.25, -0.2) is 9.67 Å². The van der Waals surface area contributed by atoms with Crippen molar-refractivity contribution in [2.24, 2.45) is 11.8 Å². The second-order valence-electron chi connectivity index (χ2n) is 9.58. The average Bonchev–Trinajstić information content (AvgIpc) is 3.43. The van der Waals surface area contributed by atoms with Crippen LogP contribution < -0.4 is 9.47 Å². The fraction of sp³-hybridized carbons (Fsp3) is 0.545. The summed E-state index contributed by atoms with van der Waals surface area (Å²) in [4.78, 5) is 4.30. The Balaban J connectivity index is 1.34. The second kappa shape index (κ2) is 7.48. The van der Waals surface area contributed by atoms with Crippen molar-refractivity contribution in [1.29, 1.82) is 0 Å². The van der Waals surface area contributed by atoms with E-state index in [1.54, 1.807) is 12.1 Å². The van der Waals surface area contributed by atoms with Gasteiger partial charge in [0.05, 0.1) is 18.1 Å². The zero-order valence-electron chi connectivity index (χ0n) is 17.9. The molecule has 2 aromatic heterocycles. The molecule has 4 aliphatic rings. The lowest BCUT2D eigenvalue weighted by Crippen LogP contribution is -2.58. The van der Waals surface area contributed by atoms with Crippen LogP contribution in [0.25, 0.3) is 11.5 Å². The van der Waals surface area contributed by atoms with E-state index >= 15 is 0 Å². The molecule has 174 valence electrons. The average molecular weight is 522 g/mol. The van der Waals surface area contributed by atoms with Gasteiger partial charge in [-0.1, -0.05) is 0 Å². The lowest BCUT2D eigenvalue weighted by atomic mass is 9.47. The molecule has 0 saturated heterocycles. The molecule has 7 rings (SSSR count). The van der Waals surface area contributed by atoms with E-state index in [-0.39, 0.29) is 22.5 Å². The molecule has 8 nitrogen and oxygen atoms in total. The van der Waals surface area contributed by atoms with E-state index in [1.807, 2.05) is 11.0 Å². The van der Waals surface area contributed by atoms with Crippen LogP contribution in [-0.2, 0) is 11.0 Å². The first-order valence-corrected chi connectivity index (χ1v) is 11.7. The highest BCUT2D eigenvalue weighted by Crippen LogP contribution is 2.64. The predicted molar refractivity (Wildman–Crippen MR) is 115 cm³/mol. The Morgan fingerprint density at radius 1 is 1.15 bits per heavy atom. The van der Waals surface area contributed by atoms with E-state index in [0.717, 1.165) is 32.1 Å². The third-order valence-corrected chi connectivity index (χ3v) is 7.85. The third kappa shape index (κ3) is 3.43. The van der Waals surface area contributed by atoms with E-state index in [2.05, 4.69) is 40.9 Å². The highest BCUT2D eigenvalue weighted by atomic mass is 79.9. The van der Waals surface area contributed by atoms with Crippen LogP contribution in [0.15, 0.2) is 33.7 Å². The van der Waals surface area contributed by atoms with Crippen molar-refractivity contribution in [3.8, 4) is 23.0 Å². The van der Waals surface area contributed by atoms with E-state index < -0.39 is 6.61 Å². The summed E-state index contributed by atoms with van der Waals surface area (Å²) < 4.78 is 43.9. The highest BCUT2D eigenvalue weighted by molar-refractivity contribution is 9.10. The van der Waals surface area contributed by atoms with Gasteiger partial charge >= 0.3 is 6.61 Å². The monoisotopic (exact) mass is 521 g/mol. The molecule has 4 saturated carbocycles. The molecule has 2 unspecified atom stereocenters. The van der Waals surface area contributed by atoms with Crippen molar-refractivity contribution >= 4 is 15.9 Å². The fourth-order valence-corrected chi connectivity index (χ4v) is 7.01. The number of ether oxygens (including phenoxy) is 2. The molecule has 33 heavy (non-hydrogen) atoms. The summed E-state index contributed by atoms with van der Waals surface area (Å²) in [6, 6.07) is 4.61. The first-order chi connectivity index (χ1) is 15.9. The molecule has 0 amide bonds. The Kier molecular flexibility index (Phi) is 4.76. The van der Waals surface area contributed by atoms with Crippen LogP contribution >= 0.6 is 15.9 Å². The van der Waals surface area contributed by atoms with Gasteiger partial charge in [-0.15, -0.1) is 15.3 Å². The number of rotatable bonds is 6. The van der Waals surface area contributed by atoms with E-state index in [4.69, 9.17) is 9.15 Å². The zero-order chi connectivity index (χ0) is 22.8. The maximum absolute atomic E-state index is 12.6. The molecule has 0 N–H and O–H groups in total. The molecule has 1 aromatic carbocycles. The Morgan fingerprint density at radius 2 is 1.94 bits per heavy atom. The second-order valence-corrected chi connectivity index (χ2v) is 10.3. The first kappa shape index (κ1) is 21.0. The minimum atomic E-state index is -2.94. The smallest absolute Gasteiger partial charge is 0.387 e. The highest BCUT2D eigenvalue weighted by Gasteiger charge is 2.61. The van der Waals surface area contributed by atoms with Gasteiger partial charge in [0, 0.05) is 5.56 Å². The summed E-state index contributed by atoms with van der Waals surface area (Å²) in [5.41, 5.74) is 0.304. The van der Waals surface area contributed by atoms with Gasteiger partial charge < -0.3 is 13.9 Å². The normalized spacial score (nSPS) is 30.2. The van der Waals surface area contributed by atoms with Crippen molar-refractivity contribution in [2.75, 3.05) is 7.11 Å². The minimum Gasteiger partial charge on any atom is -0.493 e. The molecule has 2 atom stereocenters. The molecular formula is C22H22BrF2N5O3. The third-order valence-electron chi connectivity index (χ3n) is 7.49. The Bertz CT molecular complexity index is 1180. The molecule has 4 aliphatic carbocycles. The van der Waals surface area contributed by atoms with Crippen LogP contribution in [0.3, 0.4) is 0 Å². The van der Waals surface area contributed by atoms with Crippen LogP contribution in [0.1, 0.15) is 44.4 Å². The van der Waals surface area contributed by atoms with Gasteiger partial charge in [-0.05, 0) is 84.5 Å². The number of halogens is 3. The standard InChI is InChI=1S/C22H22BrF2N5O3/c1-31-16-5-14(2-3-15(16)32-20(24)25)17-27-28-18(33-17)21-6-12-4-13(7-21)9-22(8-12,10-21)30-11-26-19(23)29-30/h2-3,5,11-13,20H,4,6-10H2,1H3. The quantitative estimate of drug-likeness (QED) is 0.453. The number of hydrogen-bond acceptors (Lipinski definition) is 7. The van der Waals surface area contributed by atoms with E-state index in [0.29, 0.717) is 33.9 Å².